The van der Waals surface area contributed by atoms with E-state index in [0.717, 1.165) is 6.42 Å². The Balaban J connectivity index is 1.98. The van der Waals surface area contributed by atoms with Crippen molar-refractivity contribution in [3.05, 3.63) is 59.5 Å². The molecular weight excluding hydrogens is 252 g/mol. The molecule has 1 aromatic carbocycles. The lowest BCUT2D eigenvalue weighted by atomic mass is 10.1. The quantitative estimate of drug-likeness (QED) is 0.878. The molecule has 0 saturated carbocycles. The van der Waals surface area contributed by atoms with Gasteiger partial charge in [-0.2, -0.15) is 0 Å². The van der Waals surface area contributed by atoms with E-state index >= 15 is 0 Å². The van der Waals surface area contributed by atoms with Crippen molar-refractivity contribution in [1.82, 2.24) is 4.90 Å². The van der Waals surface area contributed by atoms with E-state index in [1.807, 2.05) is 30.0 Å². The third-order valence-corrected chi connectivity index (χ3v) is 3.28. The molecule has 0 saturated heterocycles. The van der Waals surface area contributed by atoms with Crippen LogP contribution in [0, 0.1) is 0 Å². The molecule has 1 amide bonds. The predicted molar refractivity (Wildman–Crippen MR) is 78.3 cm³/mol. The normalized spacial score (nSPS) is 10.5. The van der Waals surface area contributed by atoms with Crippen molar-refractivity contribution in [2.45, 2.75) is 19.9 Å². The number of hydrogen-bond donors (Lipinski definition) is 1. The van der Waals surface area contributed by atoms with Crippen LogP contribution in [0.25, 0.3) is 0 Å². The number of carbonyl (C=O) groups is 1. The Morgan fingerprint density at radius 2 is 2.05 bits per heavy atom. The van der Waals surface area contributed by atoms with Gasteiger partial charge in [0.25, 0.3) is 5.91 Å². The van der Waals surface area contributed by atoms with Crippen LogP contribution >= 0.6 is 0 Å². The number of amides is 1. The Bertz CT molecular complexity index is 549. The number of likely N-dealkylation sites (N-methyl/N-ethyl adjacent to an activating group) is 1. The second-order valence-corrected chi connectivity index (χ2v) is 4.63. The highest BCUT2D eigenvalue weighted by molar-refractivity contribution is 5.94. The average Bonchev–Trinajstić information content (AvgIpc) is 2.97. The first-order chi connectivity index (χ1) is 9.74. The molecule has 1 heterocycles. The number of hydrogen-bond acceptors (Lipinski definition) is 3. The molecule has 4 heteroatoms. The van der Waals surface area contributed by atoms with Crippen molar-refractivity contribution in [2.24, 2.45) is 5.73 Å². The number of benzene rings is 1. The Hall–Kier alpha value is -2.07. The summed E-state index contributed by atoms with van der Waals surface area (Å²) < 4.78 is 5.22. The molecule has 0 aliphatic rings. The summed E-state index contributed by atoms with van der Waals surface area (Å²) in [6.07, 6.45) is 2.33. The van der Waals surface area contributed by atoms with Crippen molar-refractivity contribution in [2.75, 3.05) is 13.1 Å². The van der Waals surface area contributed by atoms with E-state index in [9.17, 15) is 4.79 Å². The van der Waals surface area contributed by atoms with Crippen LogP contribution in [-0.2, 0) is 13.0 Å². The van der Waals surface area contributed by atoms with Crippen LogP contribution in [0.4, 0.5) is 0 Å². The van der Waals surface area contributed by atoms with Gasteiger partial charge in [-0.3, -0.25) is 4.79 Å². The number of rotatable bonds is 6. The Kier molecular flexibility index (Phi) is 4.96. The topological polar surface area (TPSA) is 59.5 Å². The summed E-state index contributed by atoms with van der Waals surface area (Å²) in [7, 11) is 0. The van der Waals surface area contributed by atoms with E-state index in [2.05, 4.69) is 12.1 Å². The van der Waals surface area contributed by atoms with E-state index in [1.54, 1.807) is 6.07 Å². The molecular formula is C16H20N2O2. The zero-order chi connectivity index (χ0) is 14.4. The molecule has 0 atom stereocenters. The molecule has 0 aliphatic carbocycles. The SMILES string of the molecule is CCN(CCc1ccccc1)C(=O)c1coc(CN)c1. The molecule has 2 rings (SSSR count). The number of furan rings is 1. The minimum atomic E-state index is -0.00752. The Labute approximate surface area is 119 Å². The molecule has 2 N–H and O–H groups in total. The molecule has 1 aromatic heterocycles. The zero-order valence-electron chi connectivity index (χ0n) is 11.7. The smallest absolute Gasteiger partial charge is 0.257 e. The molecule has 0 bridgehead atoms. The summed E-state index contributed by atoms with van der Waals surface area (Å²) in [5.74, 6) is 0.624. The van der Waals surface area contributed by atoms with Crippen molar-refractivity contribution in [3.8, 4) is 0 Å². The largest absolute Gasteiger partial charge is 0.467 e. The van der Waals surface area contributed by atoms with E-state index in [0.29, 0.717) is 31.0 Å². The highest BCUT2D eigenvalue weighted by Crippen LogP contribution is 2.11. The van der Waals surface area contributed by atoms with E-state index < -0.39 is 0 Å². The summed E-state index contributed by atoms with van der Waals surface area (Å²) in [5.41, 5.74) is 7.29. The van der Waals surface area contributed by atoms with Crippen LogP contribution in [0.15, 0.2) is 47.1 Å². The monoisotopic (exact) mass is 272 g/mol. The molecule has 0 spiro atoms. The van der Waals surface area contributed by atoms with Gasteiger partial charge in [-0.05, 0) is 25.0 Å². The van der Waals surface area contributed by atoms with Gasteiger partial charge in [-0.15, -0.1) is 0 Å². The maximum absolute atomic E-state index is 12.4. The fourth-order valence-corrected chi connectivity index (χ4v) is 2.09. The molecule has 20 heavy (non-hydrogen) atoms. The summed E-state index contributed by atoms with van der Waals surface area (Å²) in [4.78, 5) is 14.2. The van der Waals surface area contributed by atoms with E-state index in [-0.39, 0.29) is 5.91 Å². The van der Waals surface area contributed by atoms with Crippen LogP contribution in [-0.4, -0.2) is 23.9 Å². The number of nitrogens with two attached hydrogens (primary N) is 1. The van der Waals surface area contributed by atoms with Crippen molar-refractivity contribution in [1.29, 1.82) is 0 Å². The first kappa shape index (κ1) is 14.3. The Morgan fingerprint density at radius 1 is 1.30 bits per heavy atom. The van der Waals surface area contributed by atoms with Crippen LogP contribution < -0.4 is 5.73 Å². The number of nitrogens with zero attached hydrogens (tertiary/aromatic N) is 1. The maximum atomic E-state index is 12.4. The molecule has 4 nitrogen and oxygen atoms in total. The highest BCUT2D eigenvalue weighted by atomic mass is 16.3. The molecule has 0 unspecified atom stereocenters. The number of carbonyl (C=O) groups excluding carboxylic acids is 1. The average molecular weight is 272 g/mol. The van der Waals surface area contributed by atoms with Gasteiger partial charge in [0, 0.05) is 13.1 Å². The third-order valence-electron chi connectivity index (χ3n) is 3.28. The second-order valence-electron chi connectivity index (χ2n) is 4.63. The molecule has 106 valence electrons. The van der Waals surface area contributed by atoms with Gasteiger partial charge in [0.15, 0.2) is 0 Å². The summed E-state index contributed by atoms with van der Waals surface area (Å²) in [6.45, 7) is 3.66. The minimum absolute atomic E-state index is 0.00752. The van der Waals surface area contributed by atoms with Gasteiger partial charge in [-0.25, -0.2) is 0 Å². The molecule has 0 radical (unpaired) electrons. The lowest BCUT2D eigenvalue weighted by Gasteiger charge is -2.20. The second kappa shape index (κ2) is 6.91. The van der Waals surface area contributed by atoms with Gasteiger partial charge in [0.2, 0.25) is 0 Å². The van der Waals surface area contributed by atoms with Crippen molar-refractivity contribution >= 4 is 5.91 Å². The van der Waals surface area contributed by atoms with Gasteiger partial charge in [0.1, 0.15) is 12.0 Å². The Morgan fingerprint density at radius 3 is 2.65 bits per heavy atom. The highest BCUT2D eigenvalue weighted by Gasteiger charge is 2.16. The van der Waals surface area contributed by atoms with Crippen LogP contribution in [0.1, 0.15) is 28.6 Å². The lowest BCUT2D eigenvalue weighted by molar-refractivity contribution is 0.0765. The van der Waals surface area contributed by atoms with Crippen LogP contribution in [0.3, 0.4) is 0 Å². The molecule has 2 aromatic rings. The fourth-order valence-electron chi connectivity index (χ4n) is 2.09. The van der Waals surface area contributed by atoms with Gasteiger partial charge in [-0.1, -0.05) is 30.3 Å². The first-order valence-electron chi connectivity index (χ1n) is 6.85. The van der Waals surface area contributed by atoms with Crippen molar-refractivity contribution < 1.29 is 9.21 Å². The minimum Gasteiger partial charge on any atom is -0.467 e. The fraction of sp³-hybridized carbons (Fsp3) is 0.312. The van der Waals surface area contributed by atoms with Crippen molar-refractivity contribution in [3.63, 3.8) is 0 Å². The third kappa shape index (κ3) is 3.48. The summed E-state index contributed by atoms with van der Waals surface area (Å²) in [5, 5.41) is 0. The maximum Gasteiger partial charge on any atom is 0.257 e. The first-order valence-corrected chi connectivity index (χ1v) is 6.85. The molecule has 0 fully saturated rings. The summed E-state index contributed by atoms with van der Waals surface area (Å²) >= 11 is 0. The molecule has 0 aliphatic heterocycles. The van der Waals surface area contributed by atoms with Gasteiger partial charge >= 0.3 is 0 Å². The van der Waals surface area contributed by atoms with Crippen LogP contribution in [0.5, 0.6) is 0 Å². The predicted octanol–water partition coefficient (Wildman–Crippen LogP) is 2.44. The zero-order valence-corrected chi connectivity index (χ0v) is 11.7. The van der Waals surface area contributed by atoms with E-state index in [4.69, 9.17) is 10.2 Å². The van der Waals surface area contributed by atoms with Gasteiger partial charge in [0.05, 0.1) is 12.1 Å². The standard InChI is InChI=1S/C16H20N2O2/c1-2-18(9-8-13-6-4-3-5-7-13)16(19)14-10-15(11-17)20-12-14/h3-7,10,12H,2,8-9,11,17H2,1H3. The summed E-state index contributed by atoms with van der Waals surface area (Å²) in [6, 6.07) is 11.9. The van der Waals surface area contributed by atoms with E-state index in [1.165, 1.54) is 11.8 Å². The lowest BCUT2D eigenvalue weighted by Crippen LogP contribution is -2.32. The van der Waals surface area contributed by atoms with Gasteiger partial charge < -0.3 is 15.1 Å². The van der Waals surface area contributed by atoms with Crippen LogP contribution in [0.2, 0.25) is 0 Å².